The van der Waals surface area contributed by atoms with Crippen LogP contribution in [0.4, 0.5) is 11.4 Å². The lowest BCUT2D eigenvalue weighted by Crippen LogP contribution is -2.43. The third-order valence-corrected chi connectivity index (χ3v) is 8.18. The lowest BCUT2D eigenvalue weighted by Gasteiger charge is -2.45. The van der Waals surface area contributed by atoms with E-state index in [4.69, 9.17) is 4.74 Å². The maximum absolute atomic E-state index is 13.4. The molecule has 3 aromatic rings. The summed E-state index contributed by atoms with van der Waals surface area (Å²) in [5.41, 5.74) is 4.35. The van der Waals surface area contributed by atoms with Crippen LogP contribution in [-0.4, -0.2) is 16.9 Å². The van der Waals surface area contributed by atoms with Crippen LogP contribution in [0.25, 0.3) is 11.6 Å². The number of anilines is 1. The van der Waals surface area contributed by atoms with Crippen molar-refractivity contribution in [2.75, 3.05) is 4.90 Å². The largest absolute Gasteiger partial charge is 0.490 e. The highest BCUT2D eigenvalue weighted by atomic mass is 16.6. The third kappa shape index (κ3) is 4.74. The van der Waals surface area contributed by atoms with Crippen LogP contribution < -0.4 is 9.64 Å². The van der Waals surface area contributed by atoms with Crippen molar-refractivity contribution in [2.24, 2.45) is 11.8 Å². The third-order valence-electron chi connectivity index (χ3n) is 8.18. The average molecular weight is 507 g/mol. The van der Waals surface area contributed by atoms with Gasteiger partial charge in [0.05, 0.1) is 17.2 Å². The molecule has 6 nitrogen and oxygen atoms in total. The fourth-order valence-corrected chi connectivity index (χ4v) is 5.67. The Morgan fingerprint density at radius 2 is 1.71 bits per heavy atom. The molecule has 0 bridgehead atoms. The van der Waals surface area contributed by atoms with Gasteiger partial charge in [-0.05, 0) is 72.2 Å². The lowest BCUT2D eigenvalue weighted by molar-refractivity contribution is -0.384. The molecule has 2 atom stereocenters. The van der Waals surface area contributed by atoms with Crippen molar-refractivity contribution in [2.45, 2.75) is 44.8 Å². The molecule has 2 fully saturated rings. The molecule has 0 N–H and O–H groups in total. The van der Waals surface area contributed by atoms with E-state index in [1.165, 1.54) is 37.8 Å². The molecule has 38 heavy (non-hydrogen) atoms. The van der Waals surface area contributed by atoms with Crippen LogP contribution >= 0.6 is 0 Å². The summed E-state index contributed by atoms with van der Waals surface area (Å²) >= 11 is 0. The zero-order valence-electron chi connectivity index (χ0n) is 21.2. The highest BCUT2D eigenvalue weighted by Gasteiger charge is 2.40. The molecule has 3 aliphatic rings. The highest BCUT2D eigenvalue weighted by molar-refractivity contribution is 6.32. The molecule has 0 radical (unpaired) electrons. The zero-order chi connectivity index (χ0) is 26.1. The van der Waals surface area contributed by atoms with Gasteiger partial charge in [0.1, 0.15) is 11.9 Å². The summed E-state index contributed by atoms with van der Waals surface area (Å²) in [6.07, 6.45) is 12.4. The zero-order valence-corrected chi connectivity index (χ0v) is 21.2. The summed E-state index contributed by atoms with van der Waals surface area (Å²) in [7, 11) is 0. The number of non-ortho nitro benzene ring substituents is 1. The number of hydrogen-bond donors (Lipinski definition) is 0. The van der Waals surface area contributed by atoms with Crippen molar-refractivity contribution < 1.29 is 14.5 Å². The van der Waals surface area contributed by atoms with Gasteiger partial charge in [0.25, 0.3) is 11.6 Å². The van der Waals surface area contributed by atoms with Crippen LogP contribution in [0, 0.1) is 22.0 Å². The van der Waals surface area contributed by atoms with Crippen LogP contribution in [0.2, 0.25) is 0 Å². The monoisotopic (exact) mass is 506 g/mol. The number of nitrogens with zero attached hydrogens (tertiary/aromatic N) is 2. The molecular weight excluding hydrogens is 476 g/mol. The van der Waals surface area contributed by atoms with Gasteiger partial charge in [0, 0.05) is 23.3 Å². The number of amides is 1. The molecule has 1 aliphatic heterocycles. The number of nitro benzene ring substituents is 1. The first-order valence-electron chi connectivity index (χ1n) is 13.4. The molecule has 2 unspecified atom stereocenters. The molecule has 6 rings (SSSR count). The van der Waals surface area contributed by atoms with Crippen molar-refractivity contribution in [3.05, 3.63) is 112 Å². The smallest absolute Gasteiger partial charge is 0.269 e. The number of para-hydroxylation sites is 1. The SMILES string of the molecule is O=C1/C(=C/C=C/c2ccc([N+](=O)[O-])cc2)c2ccccc2N1Cc1ccc(OC2CCC2C2CCC2)cc1. The van der Waals surface area contributed by atoms with Crippen LogP contribution in [0.3, 0.4) is 0 Å². The molecule has 192 valence electrons. The second-order valence-corrected chi connectivity index (χ2v) is 10.4. The number of hydrogen-bond acceptors (Lipinski definition) is 4. The Balaban J connectivity index is 1.14. The van der Waals surface area contributed by atoms with E-state index in [0.717, 1.165) is 46.4 Å². The van der Waals surface area contributed by atoms with E-state index in [-0.39, 0.29) is 11.6 Å². The first-order valence-corrected chi connectivity index (χ1v) is 13.4. The van der Waals surface area contributed by atoms with Gasteiger partial charge in [0.15, 0.2) is 0 Å². The van der Waals surface area contributed by atoms with E-state index < -0.39 is 4.92 Å². The van der Waals surface area contributed by atoms with E-state index >= 15 is 0 Å². The van der Waals surface area contributed by atoms with Crippen molar-refractivity contribution in [1.29, 1.82) is 0 Å². The van der Waals surface area contributed by atoms with Gasteiger partial charge in [-0.15, -0.1) is 0 Å². The number of rotatable bonds is 8. The second kappa shape index (κ2) is 10.3. The summed E-state index contributed by atoms with van der Waals surface area (Å²) < 4.78 is 6.31. The molecule has 1 heterocycles. The number of carbonyl (C=O) groups excluding carboxylic acids is 1. The molecule has 6 heteroatoms. The quantitative estimate of drug-likeness (QED) is 0.184. The molecule has 0 spiro atoms. The van der Waals surface area contributed by atoms with Crippen LogP contribution in [0.15, 0.2) is 84.9 Å². The van der Waals surface area contributed by atoms with E-state index in [1.54, 1.807) is 12.1 Å². The maximum Gasteiger partial charge on any atom is 0.269 e. The first-order chi connectivity index (χ1) is 18.6. The number of ether oxygens (including phenoxy) is 1. The Hall–Kier alpha value is -4.19. The minimum atomic E-state index is -0.418. The predicted octanol–water partition coefficient (Wildman–Crippen LogP) is 7.20. The fourth-order valence-electron chi connectivity index (χ4n) is 5.67. The Morgan fingerprint density at radius 3 is 2.37 bits per heavy atom. The number of carbonyl (C=O) groups is 1. The van der Waals surface area contributed by atoms with Gasteiger partial charge in [-0.25, -0.2) is 0 Å². The van der Waals surface area contributed by atoms with Crippen LogP contribution in [0.1, 0.15) is 48.8 Å². The van der Waals surface area contributed by atoms with E-state index in [2.05, 4.69) is 12.1 Å². The Morgan fingerprint density at radius 1 is 0.947 bits per heavy atom. The standard InChI is InChI=1S/C32H30N2O4/c35-32-29(9-3-5-22-11-15-25(16-12-22)34(36)37)28-8-1-2-10-30(28)33(32)21-23-13-17-26(18-14-23)38-31-20-19-27(31)24-6-4-7-24/h1-3,5,8-18,24,27,31H,4,6-7,19-21H2/b5-3+,29-9+. The summed E-state index contributed by atoms with van der Waals surface area (Å²) in [5.74, 6) is 2.45. The molecule has 2 saturated carbocycles. The Labute approximate surface area is 222 Å². The van der Waals surface area contributed by atoms with Crippen molar-refractivity contribution in [3.63, 3.8) is 0 Å². The number of fused-ring (bicyclic) bond motifs is 1. The minimum absolute atomic E-state index is 0.0438. The first kappa shape index (κ1) is 24.2. The van der Waals surface area contributed by atoms with E-state index in [1.807, 2.05) is 59.5 Å². The van der Waals surface area contributed by atoms with E-state index in [0.29, 0.717) is 18.2 Å². The van der Waals surface area contributed by atoms with E-state index in [9.17, 15) is 14.9 Å². The molecule has 1 amide bonds. The number of benzene rings is 3. The van der Waals surface area contributed by atoms with Gasteiger partial charge in [-0.1, -0.05) is 61.7 Å². The molecule has 0 aromatic heterocycles. The van der Waals surface area contributed by atoms with Gasteiger partial charge < -0.3 is 9.64 Å². The van der Waals surface area contributed by atoms with Crippen molar-refractivity contribution >= 4 is 28.9 Å². The number of nitro groups is 1. The van der Waals surface area contributed by atoms with Gasteiger partial charge in [-0.3, -0.25) is 14.9 Å². The summed E-state index contributed by atoms with van der Waals surface area (Å²) in [6.45, 7) is 0.480. The summed E-state index contributed by atoms with van der Waals surface area (Å²) in [5, 5.41) is 10.9. The van der Waals surface area contributed by atoms with Crippen molar-refractivity contribution in [3.8, 4) is 5.75 Å². The predicted molar refractivity (Wildman–Crippen MR) is 149 cm³/mol. The Bertz CT molecular complexity index is 1400. The van der Waals surface area contributed by atoms with Gasteiger partial charge >= 0.3 is 0 Å². The highest BCUT2D eigenvalue weighted by Crippen LogP contribution is 2.45. The molecule has 2 aliphatic carbocycles. The Kier molecular flexibility index (Phi) is 6.54. The van der Waals surface area contributed by atoms with Gasteiger partial charge in [-0.2, -0.15) is 0 Å². The van der Waals surface area contributed by atoms with Gasteiger partial charge in [0.2, 0.25) is 0 Å². The topological polar surface area (TPSA) is 72.7 Å². The lowest BCUT2D eigenvalue weighted by atomic mass is 9.65. The van der Waals surface area contributed by atoms with Crippen molar-refractivity contribution in [1.82, 2.24) is 0 Å². The minimum Gasteiger partial charge on any atom is -0.490 e. The van der Waals surface area contributed by atoms with Crippen LogP contribution in [-0.2, 0) is 11.3 Å². The average Bonchev–Trinajstić information content (AvgIpc) is 3.16. The maximum atomic E-state index is 13.4. The molecule has 3 aromatic carbocycles. The molecular formula is C32H30N2O4. The normalized spacial score (nSPS) is 21.8. The fraction of sp³-hybridized carbons (Fsp3) is 0.281. The van der Waals surface area contributed by atoms with Crippen LogP contribution in [0.5, 0.6) is 5.75 Å². The summed E-state index contributed by atoms with van der Waals surface area (Å²) in [4.78, 5) is 25.7. The number of allylic oxidation sites excluding steroid dienone is 2. The molecule has 0 saturated heterocycles. The second-order valence-electron chi connectivity index (χ2n) is 10.4. The summed E-state index contributed by atoms with van der Waals surface area (Å²) in [6, 6.07) is 22.3.